The number of rotatable bonds is 6. The molecular weight excluding hydrogens is 262 g/mol. The molecule has 0 radical (unpaired) electrons. The maximum atomic E-state index is 11.7. The minimum absolute atomic E-state index is 0.0269. The van der Waals surface area contributed by atoms with Crippen molar-refractivity contribution in [2.45, 2.75) is 38.2 Å². The molecule has 1 aliphatic rings. The highest BCUT2D eigenvalue weighted by Crippen LogP contribution is 2.38. The summed E-state index contributed by atoms with van der Waals surface area (Å²) in [5.41, 5.74) is 0.294. The van der Waals surface area contributed by atoms with E-state index in [0.29, 0.717) is 30.3 Å². The summed E-state index contributed by atoms with van der Waals surface area (Å²) in [6.45, 7) is 2.13. The molecule has 1 fully saturated rings. The number of aliphatic hydroxyl groups is 1. The second-order valence-electron chi connectivity index (χ2n) is 5.54. The third-order valence-corrected chi connectivity index (χ3v) is 3.87. The fourth-order valence-corrected chi connectivity index (χ4v) is 2.38. The first-order valence-corrected chi connectivity index (χ1v) is 7.09. The SMILES string of the molecule is CC(O)(CNC(=O)CCc1cccc(Cl)c1)C1CC1. The molecule has 1 aliphatic carbocycles. The van der Waals surface area contributed by atoms with Crippen LogP contribution < -0.4 is 5.32 Å². The van der Waals surface area contributed by atoms with Crippen LogP contribution in [0.15, 0.2) is 24.3 Å². The molecule has 1 aromatic carbocycles. The summed E-state index contributed by atoms with van der Waals surface area (Å²) in [5.74, 6) is 0.321. The summed E-state index contributed by atoms with van der Waals surface area (Å²) in [6, 6.07) is 7.53. The predicted octanol–water partition coefficient (Wildman–Crippen LogP) is 2.55. The van der Waals surface area contributed by atoms with Crippen LogP contribution in [0.2, 0.25) is 5.02 Å². The molecule has 1 atom stereocenters. The van der Waals surface area contributed by atoms with Gasteiger partial charge >= 0.3 is 0 Å². The van der Waals surface area contributed by atoms with Crippen molar-refractivity contribution < 1.29 is 9.90 Å². The molecule has 1 aromatic rings. The van der Waals surface area contributed by atoms with E-state index in [1.807, 2.05) is 24.3 Å². The van der Waals surface area contributed by atoms with Crippen LogP contribution in [-0.4, -0.2) is 23.2 Å². The Morgan fingerprint density at radius 1 is 1.53 bits per heavy atom. The average molecular weight is 282 g/mol. The van der Waals surface area contributed by atoms with Crippen molar-refractivity contribution in [3.8, 4) is 0 Å². The molecule has 2 N–H and O–H groups in total. The van der Waals surface area contributed by atoms with Gasteiger partial charge in [0.25, 0.3) is 0 Å². The number of aryl methyl sites for hydroxylation is 1. The number of carbonyl (C=O) groups excluding carboxylic acids is 1. The van der Waals surface area contributed by atoms with E-state index in [2.05, 4.69) is 5.32 Å². The predicted molar refractivity (Wildman–Crippen MR) is 76.1 cm³/mol. The molecule has 1 amide bonds. The van der Waals surface area contributed by atoms with Gasteiger partial charge in [-0.15, -0.1) is 0 Å². The average Bonchev–Trinajstić information content (AvgIpc) is 3.18. The minimum atomic E-state index is -0.758. The van der Waals surface area contributed by atoms with E-state index in [4.69, 9.17) is 11.6 Å². The fourth-order valence-electron chi connectivity index (χ4n) is 2.17. The van der Waals surface area contributed by atoms with Crippen molar-refractivity contribution in [3.05, 3.63) is 34.9 Å². The lowest BCUT2D eigenvalue weighted by Gasteiger charge is -2.23. The Kier molecular flexibility index (Phi) is 4.48. The first-order valence-electron chi connectivity index (χ1n) is 6.71. The molecule has 0 heterocycles. The maximum Gasteiger partial charge on any atom is 0.220 e. The number of nitrogens with one attached hydrogen (secondary N) is 1. The van der Waals surface area contributed by atoms with Crippen LogP contribution in [0.4, 0.5) is 0 Å². The zero-order valence-electron chi connectivity index (χ0n) is 11.2. The van der Waals surface area contributed by atoms with Crippen LogP contribution in [0.5, 0.6) is 0 Å². The lowest BCUT2D eigenvalue weighted by atomic mass is 10.0. The molecule has 4 heteroatoms. The molecule has 0 saturated heterocycles. The van der Waals surface area contributed by atoms with Crippen molar-refractivity contribution in [1.29, 1.82) is 0 Å². The van der Waals surface area contributed by atoms with Crippen LogP contribution in [0, 0.1) is 5.92 Å². The van der Waals surface area contributed by atoms with Gasteiger partial charge in [-0.1, -0.05) is 23.7 Å². The van der Waals surface area contributed by atoms with E-state index in [1.54, 1.807) is 6.92 Å². The van der Waals surface area contributed by atoms with E-state index in [9.17, 15) is 9.90 Å². The topological polar surface area (TPSA) is 49.3 Å². The van der Waals surface area contributed by atoms with Gasteiger partial charge in [0, 0.05) is 18.0 Å². The van der Waals surface area contributed by atoms with E-state index in [0.717, 1.165) is 18.4 Å². The largest absolute Gasteiger partial charge is 0.388 e. The summed E-state index contributed by atoms with van der Waals surface area (Å²) in [6.07, 6.45) is 3.20. The summed E-state index contributed by atoms with van der Waals surface area (Å²) in [7, 11) is 0. The van der Waals surface area contributed by atoms with E-state index in [-0.39, 0.29) is 5.91 Å². The fraction of sp³-hybridized carbons (Fsp3) is 0.533. The molecule has 19 heavy (non-hydrogen) atoms. The van der Waals surface area contributed by atoms with Crippen molar-refractivity contribution >= 4 is 17.5 Å². The monoisotopic (exact) mass is 281 g/mol. The molecule has 0 aromatic heterocycles. The minimum Gasteiger partial charge on any atom is -0.388 e. The maximum absolute atomic E-state index is 11.7. The highest BCUT2D eigenvalue weighted by Gasteiger charge is 2.39. The Hall–Kier alpha value is -1.06. The van der Waals surface area contributed by atoms with Crippen molar-refractivity contribution in [3.63, 3.8) is 0 Å². The van der Waals surface area contributed by atoms with Gasteiger partial charge in [-0.3, -0.25) is 4.79 Å². The Labute approximate surface area is 119 Å². The number of hydrogen-bond donors (Lipinski definition) is 2. The zero-order valence-corrected chi connectivity index (χ0v) is 11.9. The van der Waals surface area contributed by atoms with Crippen LogP contribution in [0.1, 0.15) is 31.7 Å². The van der Waals surface area contributed by atoms with Crippen molar-refractivity contribution in [2.75, 3.05) is 6.54 Å². The second-order valence-corrected chi connectivity index (χ2v) is 5.97. The van der Waals surface area contributed by atoms with Gasteiger partial charge in [-0.2, -0.15) is 0 Å². The molecule has 104 valence electrons. The standard InChI is InChI=1S/C15H20ClNO2/c1-15(19,12-6-7-12)10-17-14(18)8-5-11-3-2-4-13(16)9-11/h2-4,9,12,19H,5-8,10H2,1H3,(H,17,18). The molecule has 0 bridgehead atoms. The van der Waals surface area contributed by atoms with Gasteiger partial charge < -0.3 is 10.4 Å². The second kappa shape index (κ2) is 5.93. The van der Waals surface area contributed by atoms with Gasteiger partial charge in [-0.05, 0) is 49.8 Å². The number of benzene rings is 1. The van der Waals surface area contributed by atoms with Gasteiger partial charge in [0.2, 0.25) is 5.91 Å². The summed E-state index contributed by atoms with van der Waals surface area (Å²) >= 11 is 5.89. The highest BCUT2D eigenvalue weighted by atomic mass is 35.5. The Bertz CT molecular complexity index is 455. The number of carbonyl (C=O) groups is 1. The third-order valence-electron chi connectivity index (χ3n) is 3.63. The van der Waals surface area contributed by atoms with Gasteiger partial charge in [0.1, 0.15) is 0 Å². The molecule has 3 nitrogen and oxygen atoms in total. The lowest BCUT2D eigenvalue weighted by molar-refractivity contribution is -0.122. The number of halogens is 1. The normalized spacial score (nSPS) is 17.8. The quantitative estimate of drug-likeness (QED) is 0.842. The summed E-state index contributed by atoms with van der Waals surface area (Å²) < 4.78 is 0. The Balaban J connectivity index is 1.72. The smallest absolute Gasteiger partial charge is 0.220 e. The van der Waals surface area contributed by atoms with Gasteiger partial charge in [0.05, 0.1) is 5.60 Å². The molecular formula is C15H20ClNO2. The Morgan fingerprint density at radius 2 is 2.26 bits per heavy atom. The van der Waals surface area contributed by atoms with E-state index in [1.165, 1.54) is 0 Å². The highest BCUT2D eigenvalue weighted by molar-refractivity contribution is 6.30. The van der Waals surface area contributed by atoms with Crippen molar-refractivity contribution in [1.82, 2.24) is 5.32 Å². The zero-order chi connectivity index (χ0) is 13.9. The molecule has 1 unspecified atom stereocenters. The van der Waals surface area contributed by atoms with Gasteiger partial charge in [-0.25, -0.2) is 0 Å². The number of amides is 1. The van der Waals surface area contributed by atoms with Crippen LogP contribution in [0.3, 0.4) is 0 Å². The summed E-state index contributed by atoms with van der Waals surface area (Å²) in [5, 5.41) is 13.6. The first-order chi connectivity index (χ1) is 8.97. The van der Waals surface area contributed by atoms with Crippen molar-refractivity contribution in [2.24, 2.45) is 5.92 Å². The molecule has 0 spiro atoms. The third kappa shape index (κ3) is 4.51. The first kappa shape index (κ1) is 14.4. The van der Waals surface area contributed by atoms with E-state index >= 15 is 0 Å². The molecule has 2 rings (SSSR count). The van der Waals surface area contributed by atoms with Crippen LogP contribution >= 0.6 is 11.6 Å². The van der Waals surface area contributed by atoms with Crippen LogP contribution in [-0.2, 0) is 11.2 Å². The van der Waals surface area contributed by atoms with Crippen LogP contribution in [0.25, 0.3) is 0 Å². The Morgan fingerprint density at radius 3 is 2.89 bits per heavy atom. The summed E-state index contributed by atoms with van der Waals surface area (Å²) in [4.78, 5) is 11.7. The van der Waals surface area contributed by atoms with Gasteiger partial charge in [0.15, 0.2) is 0 Å². The molecule has 1 saturated carbocycles. The number of hydrogen-bond acceptors (Lipinski definition) is 2. The lowest BCUT2D eigenvalue weighted by Crippen LogP contribution is -2.42. The van der Waals surface area contributed by atoms with E-state index < -0.39 is 5.60 Å². The molecule has 0 aliphatic heterocycles.